The minimum Gasteiger partial charge on any atom is -0.393 e. The van der Waals surface area contributed by atoms with Crippen LogP contribution in [0.4, 0.5) is 0 Å². The van der Waals surface area contributed by atoms with E-state index in [2.05, 4.69) is 6.92 Å². The van der Waals surface area contributed by atoms with Crippen molar-refractivity contribution in [1.29, 1.82) is 0 Å². The van der Waals surface area contributed by atoms with E-state index in [1.807, 2.05) is 13.0 Å². The zero-order valence-corrected chi connectivity index (χ0v) is 14.0. The molecule has 3 saturated carbocycles. The Hall–Kier alpha value is -0.710. The van der Waals surface area contributed by atoms with Gasteiger partial charge >= 0.3 is 0 Å². The van der Waals surface area contributed by atoms with Gasteiger partial charge in [0.1, 0.15) is 6.10 Å². The van der Waals surface area contributed by atoms with Crippen molar-refractivity contribution in [2.24, 2.45) is 28.6 Å². The molecule has 4 heteroatoms. The summed E-state index contributed by atoms with van der Waals surface area (Å²) in [5, 5.41) is 31.0. The van der Waals surface area contributed by atoms with E-state index in [0.717, 1.165) is 25.7 Å². The van der Waals surface area contributed by atoms with E-state index in [4.69, 9.17) is 0 Å². The summed E-state index contributed by atoms with van der Waals surface area (Å²) in [6.07, 6.45) is 4.93. The zero-order chi connectivity index (χ0) is 16.6. The van der Waals surface area contributed by atoms with E-state index < -0.39 is 17.6 Å². The topological polar surface area (TPSA) is 77.8 Å². The number of aliphatic hydroxyl groups is 3. The van der Waals surface area contributed by atoms with Gasteiger partial charge in [0.05, 0.1) is 12.2 Å². The second-order valence-corrected chi connectivity index (χ2v) is 8.86. The second-order valence-electron chi connectivity index (χ2n) is 8.86. The molecule has 4 aliphatic rings. The Balaban J connectivity index is 1.75. The number of fused-ring (bicyclic) bond motifs is 5. The lowest BCUT2D eigenvalue weighted by molar-refractivity contribution is -0.139. The number of hydrogen-bond donors (Lipinski definition) is 3. The molecule has 4 rings (SSSR count). The quantitative estimate of drug-likeness (QED) is 0.595. The van der Waals surface area contributed by atoms with Gasteiger partial charge < -0.3 is 15.3 Å². The first-order valence-corrected chi connectivity index (χ1v) is 9.07. The molecule has 0 saturated heterocycles. The van der Waals surface area contributed by atoms with Crippen LogP contribution in [0.5, 0.6) is 0 Å². The van der Waals surface area contributed by atoms with Gasteiger partial charge in [-0.1, -0.05) is 25.5 Å². The predicted octanol–water partition coefficient (Wildman–Crippen LogP) is 1.82. The van der Waals surface area contributed by atoms with Crippen LogP contribution in [0.3, 0.4) is 0 Å². The standard InChI is InChI=1S/C19H28O4/c1-18-5-3-11(20)7-10(18)8-14(21)16-12(18)4-6-19(2)13(16)9-15(22)17(19)23/h8,11-16,20-22H,3-7,9H2,1-2H3/t11?,12-,13+,14?,15?,16-,18+,19+/m1/s1. The Morgan fingerprint density at radius 2 is 1.74 bits per heavy atom. The Bertz CT molecular complexity index is 570. The lowest BCUT2D eigenvalue weighted by atomic mass is 9.47. The summed E-state index contributed by atoms with van der Waals surface area (Å²) in [5.74, 6) is 0.451. The van der Waals surface area contributed by atoms with Gasteiger partial charge in [0.2, 0.25) is 0 Å². The van der Waals surface area contributed by atoms with Gasteiger partial charge in [-0.05, 0) is 61.7 Å². The molecule has 0 aromatic carbocycles. The highest BCUT2D eigenvalue weighted by atomic mass is 16.3. The average molecular weight is 320 g/mol. The van der Waals surface area contributed by atoms with E-state index in [1.54, 1.807) is 0 Å². The third-order valence-electron chi connectivity index (χ3n) is 7.84. The molecule has 8 atom stereocenters. The van der Waals surface area contributed by atoms with Gasteiger partial charge in [-0.2, -0.15) is 0 Å². The molecular weight excluding hydrogens is 292 g/mol. The highest BCUT2D eigenvalue weighted by Crippen LogP contribution is 2.63. The fourth-order valence-corrected chi connectivity index (χ4v) is 6.42. The van der Waals surface area contributed by atoms with Crippen molar-refractivity contribution in [3.8, 4) is 0 Å². The molecule has 0 amide bonds. The molecule has 0 aromatic rings. The third-order valence-corrected chi connectivity index (χ3v) is 7.84. The van der Waals surface area contributed by atoms with Gasteiger partial charge in [-0.15, -0.1) is 0 Å². The number of carbonyl (C=O) groups is 1. The number of rotatable bonds is 0. The summed E-state index contributed by atoms with van der Waals surface area (Å²) in [4.78, 5) is 12.5. The molecule has 0 aromatic heterocycles. The van der Waals surface area contributed by atoms with Crippen molar-refractivity contribution in [2.75, 3.05) is 0 Å². The maximum absolute atomic E-state index is 12.5. The van der Waals surface area contributed by atoms with Gasteiger partial charge in [0.15, 0.2) is 5.78 Å². The zero-order valence-electron chi connectivity index (χ0n) is 14.0. The van der Waals surface area contributed by atoms with Crippen LogP contribution in [0.15, 0.2) is 11.6 Å². The largest absolute Gasteiger partial charge is 0.393 e. The normalized spacial score (nSPS) is 55.7. The van der Waals surface area contributed by atoms with Crippen molar-refractivity contribution in [2.45, 2.75) is 70.7 Å². The van der Waals surface area contributed by atoms with Crippen molar-refractivity contribution in [3.05, 3.63) is 11.6 Å². The summed E-state index contributed by atoms with van der Waals surface area (Å²) in [7, 11) is 0. The van der Waals surface area contributed by atoms with Gasteiger partial charge in [-0.25, -0.2) is 0 Å². The molecule has 0 spiro atoms. The van der Waals surface area contributed by atoms with E-state index in [1.165, 1.54) is 5.57 Å². The van der Waals surface area contributed by atoms with Gasteiger partial charge in [-0.3, -0.25) is 4.79 Å². The number of Topliss-reactive ketones (excluding diaryl/α,β-unsaturated/α-hetero) is 1. The molecule has 23 heavy (non-hydrogen) atoms. The van der Waals surface area contributed by atoms with E-state index in [9.17, 15) is 20.1 Å². The molecule has 3 unspecified atom stereocenters. The van der Waals surface area contributed by atoms with Crippen LogP contribution in [-0.2, 0) is 4.79 Å². The summed E-state index contributed by atoms with van der Waals surface area (Å²) >= 11 is 0. The molecule has 0 bridgehead atoms. The molecule has 4 aliphatic carbocycles. The summed E-state index contributed by atoms with van der Waals surface area (Å²) in [6.45, 7) is 4.27. The first-order chi connectivity index (χ1) is 10.8. The molecule has 3 fully saturated rings. The maximum Gasteiger partial charge on any atom is 0.167 e. The maximum atomic E-state index is 12.5. The summed E-state index contributed by atoms with van der Waals surface area (Å²) in [5.41, 5.74) is 0.761. The fourth-order valence-electron chi connectivity index (χ4n) is 6.42. The highest BCUT2D eigenvalue weighted by Gasteiger charge is 2.62. The minimum absolute atomic E-state index is 0.0212. The van der Waals surface area contributed by atoms with E-state index >= 15 is 0 Å². The molecule has 128 valence electrons. The smallest absolute Gasteiger partial charge is 0.167 e. The Morgan fingerprint density at radius 1 is 1.04 bits per heavy atom. The number of ketones is 1. The molecular formula is C19H28O4. The van der Waals surface area contributed by atoms with Gasteiger partial charge in [0.25, 0.3) is 0 Å². The highest BCUT2D eigenvalue weighted by molar-refractivity contribution is 5.91. The van der Waals surface area contributed by atoms with Crippen molar-refractivity contribution in [3.63, 3.8) is 0 Å². The van der Waals surface area contributed by atoms with Crippen LogP contribution in [0.1, 0.15) is 52.4 Å². The van der Waals surface area contributed by atoms with E-state index in [-0.39, 0.29) is 29.1 Å². The molecule has 3 N–H and O–H groups in total. The van der Waals surface area contributed by atoms with Crippen LogP contribution >= 0.6 is 0 Å². The van der Waals surface area contributed by atoms with Crippen LogP contribution in [0.2, 0.25) is 0 Å². The first kappa shape index (κ1) is 15.8. The molecule has 4 nitrogen and oxygen atoms in total. The van der Waals surface area contributed by atoms with Gasteiger partial charge in [0, 0.05) is 5.41 Å². The summed E-state index contributed by atoms with van der Waals surface area (Å²) in [6, 6.07) is 0. The summed E-state index contributed by atoms with van der Waals surface area (Å²) < 4.78 is 0. The van der Waals surface area contributed by atoms with Crippen molar-refractivity contribution in [1.82, 2.24) is 0 Å². The van der Waals surface area contributed by atoms with E-state index in [0.29, 0.717) is 18.8 Å². The average Bonchev–Trinajstić information content (AvgIpc) is 2.73. The third kappa shape index (κ3) is 1.98. The molecule has 0 radical (unpaired) electrons. The number of aliphatic hydroxyl groups excluding tert-OH is 3. The molecule has 0 aliphatic heterocycles. The molecule has 0 heterocycles. The van der Waals surface area contributed by atoms with Crippen LogP contribution in [0.25, 0.3) is 0 Å². The number of hydrogen-bond acceptors (Lipinski definition) is 4. The lowest BCUT2D eigenvalue weighted by Crippen LogP contribution is -2.54. The second kappa shape index (κ2) is 4.90. The Kier molecular flexibility index (Phi) is 3.37. The van der Waals surface area contributed by atoms with Crippen molar-refractivity contribution >= 4 is 5.78 Å². The Morgan fingerprint density at radius 3 is 2.48 bits per heavy atom. The van der Waals surface area contributed by atoms with Crippen LogP contribution < -0.4 is 0 Å². The fraction of sp³-hybridized carbons (Fsp3) is 0.842. The van der Waals surface area contributed by atoms with Crippen LogP contribution in [0, 0.1) is 28.6 Å². The minimum atomic E-state index is -0.859. The van der Waals surface area contributed by atoms with Crippen LogP contribution in [-0.4, -0.2) is 39.4 Å². The Labute approximate surface area is 137 Å². The SMILES string of the molecule is C[C@]12CCC(O)CC1=CC(O)[C@@H]1[C@H]2CC[C@]2(C)C(=O)C(O)C[C@@H]12. The lowest BCUT2D eigenvalue weighted by Gasteiger charge is -2.57. The van der Waals surface area contributed by atoms with Crippen molar-refractivity contribution < 1.29 is 20.1 Å². The monoisotopic (exact) mass is 320 g/mol. The first-order valence-electron chi connectivity index (χ1n) is 9.07. The number of carbonyl (C=O) groups excluding carboxylic acids is 1. The predicted molar refractivity (Wildman–Crippen MR) is 85.5 cm³/mol.